The molecule has 0 aliphatic rings. The van der Waals surface area contributed by atoms with E-state index in [1.54, 1.807) is 24.3 Å². The average Bonchev–Trinajstić information content (AvgIpc) is 2.19. The number of phenols is 1. The molecule has 2 rings (SSSR count). The summed E-state index contributed by atoms with van der Waals surface area (Å²) in [6.07, 6.45) is 1.26. The van der Waals surface area contributed by atoms with Gasteiger partial charge >= 0.3 is 0 Å². The molecule has 2 aromatic rings. The van der Waals surface area contributed by atoms with E-state index >= 15 is 0 Å². The van der Waals surface area contributed by atoms with Crippen LogP contribution in [0.5, 0.6) is 5.75 Å². The largest absolute Gasteiger partial charge is 0.508 e. The highest BCUT2D eigenvalue weighted by Gasteiger charge is 2.01. The lowest BCUT2D eigenvalue weighted by molar-refractivity contribution is 0.475. The second kappa shape index (κ2) is 3.14. The smallest absolute Gasteiger partial charge is 0.203 e. The van der Waals surface area contributed by atoms with Crippen LogP contribution in [0.1, 0.15) is 0 Å². The van der Waals surface area contributed by atoms with Gasteiger partial charge in [0.25, 0.3) is 0 Å². The van der Waals surface area contributed by atoms with Gasteiger partial charge in [-0.3, -0.25) is 0 Å². The Morgan fingerprint density at radius 2 is 1.85 bits per heavy atom. The van der Waals surface area contributed by atoms with E-state index in [1.807, 2.05) is 0 Å². The van der Waals surface area contributed by atoms with E-state index in [0.29, 0.717) is 11.4 Å². The molecule has 0 amide bonds. The third-order valence-electron chi connectivity index (χ3n) is 1.51. The van der Waals surface area contributed by atoms with Crippen molar-refractivity contribution in [1.82, 2.24) is 20.4 Å². The molecule has 0 aliphatic heterocycles. The average molecular weight is 174 g/mol. The Morgan fingerprint density at radius 1 is 1.08 bits per heavy atom. The Morgan fingerprint density at radius 3 is 2.54 bits per heavy atom. The summed E-state index contributed by atoms with van der Waals surface area (Å²) in [6, 6.07) is 6.62. The zero-order valence-corrected chi connectivity index (χ0v) is 6.62. The zero-order chi connectivity index (χ0) is 9.10. The summed E-state index contributed by atoms with van der Waals surface area (Å²) in [4.78, 5) is 0. The van der Waals surface area contributed by atoms with Crippen molar-refractivity contribution in [2.75, 3.05) is 0 Å². The first-order valence-electron chi connectivity index (χ1n) is 3.66. The van der Waals surface area contributed by atoms with Crippen LogP contribution in [0.25, 0.3) is 11.4 Å². The van der Waals surface area contributed by atoms with Crippen LogP contribution < -0.4 is 0 Å². The normalized spacial score (nSPS) is 9.85. The third kappa shape index (κ3) is 1.58. The van der Waals surface area contributed by atoms with Crippen LogP contribution in [-0.4, -0.2) is 25.5 Å². The van der Waals surface area contributed by atoms with Gasteiger partial charge < -0.3 is 5.11 Å². The van der Waals surface area contributed by atoms with E-state index in [-0.39, 0.29) is 5.75 Å². The molecule has 0 bridgehead atoms. The first-order chi connectivity index (χ1) is 6.36. The third-order valence-corrected chi connectivity index (χ3v) is 1.51. The number of hydrogen-bond acceptors (Lipinski definition) is 5. The minimum absolute atomic E-state index is 0.171. The summed E-state index contributed by atoms with van der Waals surface area (Å²) < 4.78 is 0. The Balaban J connectivity index is 2.48. The molecular formula is C8H6N4O. The van der Waals surface area contributed by atoms with Gasteiger partial charge in [-0.25, -0.2) is 0 Å². The van der Waals surface area contributed by atoms with Crippen molar-refractivity contribution < 1.29 is 5.11 Å². The predicted molar refractivity (Wildman–Crippen MR) is 44.7 cm³/mol. The lowest BCUT2D eigenvalue weighted by atomic mass is 10.2. The van der Waals surface area contributed by atoms with E-state index in [9.17, 15) is 5.11 Å². The predicted octanol–water partition coefficient (Wildman–Crippen LogP) is 0.639. The number of hydrogen-bond donors (Lipinski definition) is 1. The number of nitrogens with zero attached hydrogens (tertiary/aromatic N) is 4. The molecule has 1 heterocycles. The topological polar surface area (TPSA) is 71.8 Å². The number of phenolic OH excluding ortho intramolecular Hbond substituents is 1. The summed E-state index contributed by atoms with van der Waals surface area (Å²) in [5.41, 5.74) is 0.695. The van der Waals surface area contributed by atoms with Gasteiger partial charge in [-0.1, -0.05) is 12.1 Å². The fourth-order valence-electron chi connectivity index (χ4n) is 0.965. The Bertz CT molecular complexity index is 404. The van der Waals surface area contributed by atoms with Crippen LogP contribution in [-0.2, 0) is 0 Å². The van der Waals surface area contributed by atoms with E-state index in [4.69, 9.17) is 0 Å². The lowest BCUT2D eigenvalue weighted by Crippen LogP contribution is -1.93. The van der Waals surface area contributed by atoms with Crippen LogP contribution in [0.3, 0.4) is 0 Å². The first kappa shape index (κ1) is 7.60. The summed E-state index contributed by atoms with van der Waals surface area (Å²) >= 11 is 0. The number of benzene rings is 1. The van der Waals surface area contributed by atoms with Crippen molar-refractivity contribution in [3.8, 4) is 17.1 Å². The van der Waals surface area contributed by atoms with Gasteiger partial charge in [-0.05, 0) is 12.1 Å². The summed E-state index contributed by atoms with van der Waals surface area (Å²) in [6.45, 7) is 0. The monoisotopic (exact) mass is 174 g/mol. The van der Waals surface area contributed by atoms with Gasteiger partial charge in [-0.15, -0.1) is 20.4 Å². The fraction of sp³-hybridized carbons (Fsp3) is 0. The Hall–Kier alpha value is -2.04. The highest BCUT2D eigenvalue weighted by atomic mass is 16.3. The quantitative estimate of drug-likeness (QED) is 0.686. The van der Waals surface area contributed by atoms with Crippen LogP contribution in [0, 0.1) is 0 Å². The van der Waals surface area contributed by atoms with Crippen LogP contribution in [0.4, 0.5) is 0 Å². The summed E-state index contributed by atoms with van der Waals surface area (Å²) in [5.74, 6) is 0.573. The molecule has 0 unspecified atom stereocenters. The standard InChI is InChI=1S/C8H6N4O/c13-7-3-1-2-6(4-7)8-11-9-5-10-12-8/h1-5,13H. The molecule has 5 heteroatoms. The van der Waals surface area contributed by atoms with Gasteiger partial charge in [0.05, 0.1) is 0 Å². The maximum atomic E-state index is 9.18. The second-order valence-electron chi connectivity index (χ2n) is 2.42. The van der Waals surface area contributed by atoms with E-state index in [1.165, 1.54) is 6.33 Å². The van der Waals surface area contributed by atoms with Crippen molar-refractivity contribution in [3.05, 3.63) is 30.6 Å². The summed E-state index contributed by atoms with van der Waals surface area (Å²) in [5, 5.41) is 23.9. The Labute approximate surface area is 74.1 Å². The number of aromatic nitrogens is 4. The Kier molecular flexibility index (Phi) is 1.84. The van der Waals surface area contributed by atoms with Crippen molar-refractivity contribution in [2.45, 2.75) is 0 Å². The minimum atomic E-state index is 0.171. The molecule has 64 valence electrons. The molecular weight excluding hydrogens is 168 g/mol. The fourth-order valence-corrected chi connectivity index (χ4v) is 0.965. The SMILES string of the molecule is Oc1cccc(-c2nncnn2)c1. The van der Waals surface area contributed by atoms with E-state index in [2.05, 4.69) is 20.4 Å². The van der Waals surface area contributed by atoms with Crippen LogP contribution in [0.15, 0.2) is 30.6 Å². The zero-order valence-electron chi connectivity index (χ0n) is 6.62. The highest BCUT2D eigenvalue weighted by Crippen LogP contribution is 2.17. The first-order valence-corrected chi connectivity index (χ1v) is 3.66. The van der Waals surface area contributed by atoms with Gasteiger partial charge in [0.2, 0.25) is 5.82 Å². The lowest BCUT2D eigenvalue weighted by Gasteiger charge is -1.96. The number of aromatic hydroxyl groups is 1. The molecule has 13 heavy (non-hydrogen) atoms. The molecule has 0 saturated carbocycles. The van der Waals surface area contributed by atoms with E-state index in [0.717, 1.165) is 0 Å². The van der Waals surface area contributed by atoms with Crippen LogP contribution >= 0.6 is 0 Å². The van der Waals surface area contributed by atoms with Gasteiger partial charge in [-0.2, -0.15) is 0 Å². The maximum Gasteiger partial charge on any atom is 0.203 e. The molecule has 1 N–H and O–H groups in total. The van der Waals surface area contributed by atoms with Gasteiger partial charge in [0.1, 0.15) is 5.75 Å². The van der Waals surface area contributed by atoms with E-state index < -0.39 is 0 Å². The molecule has 0 spiro atoms. The van der Waals surface area contributed by atoms with Crippen molar-refractivity contribution in [1.29, 1.82) is 0 Å². The molecule has 0 saturated heterocycles. The molecule has 0 aliphatic carbocycles. The van der Waals surface area contributed by atoms with Crippen molar-refractivity contribution in [3.63, 3.8) is 0 Å². The maximum absolute atomic E-state index is 9.18. The molecule has 0 fully saturated rings. The van der Waals surface area contributed by atoms with Crippen molar-refractivity contribution >= 4 is 0 Å². The van der Waals surface area contributed by atoms with Crippen molar-refractivity contribution in [2.24, 2.45) is 0 Å². The number of rotatable bonds is 1. The van der Waals surface area contributed by atoms with Crippen LogP contribution in [0.2, 0.25) is 0 Å². The second-order valence-corrected chi connectivity index (χ2v) is 2.42. The molecule has 0 atom stereocenters. The summed E-state index contributed by atoms with van der Waals surface area (Å²) in [7, 11) is 0. The van der Waals surface area contributed by atoms with Gasteiger partial charge in [0.15, 0.2) is 6.33 Å². The molecule has 0 radical (unpaired) electrons. The minimum Gasteiger partial charge on any atom is -0.508 e. The molecule has 1 aromatic carbocycles. The van der Waals surface area contributed by atoms with Gasteiger partial charge in [0, 0.05) is 5.56 Å². The highest BCUT2D eigenvalue weighted by molar-refractivity contribution is 5.55. The molecule has 5 nitrogen and oxygen atoms in total. The molecule has 1 aromatic heterocycles.